The number of fused-ring (bicyclic) bond motifs is 1. The molecule has 0 radical (unpaired) electrons. The standard InChI is InChI=1S/C21H17ClN2O6S/c22-14-3-5-18(17(10-14)24(26)27)30-13-21(25)23(12-16-2-1-9-31-16)15-4-6-19-20(11-15)29-8-7-28-19/h1-6,9-11H,7-8,12-13H2. The highest BCUT2D eigenvalue weighted by atomic mass is 35.5. The quantitative estimate of drug-likeness (QED) is 0.375. The van der Waals surface area contributed by atoms with Gasteiger partial charge in [-0.2, -0.15) is 0 Å². The molecule has 1 aliphatic heterocycles. The number of anilines is 1. The summed E-state index contributed by atoms with van der Waals surface area (Å²) in [6.45, 7) is 0.834. The van der Waals surface area contributed by atoms with Crippen molar-refractivity contribution >= 4 is 40.2 Å². The maximum absolute atomic E-state index is 13.1. The monoisotopic (exact) mass is 460 g/mol. The van der Waals surface area contributed by atoms with Crippen LogP contribution in [0.4, 0.5) is 11.4 Å². The van der Waals surface area contributed by atoms with E-state index in [0.717, 1.165) is 4.88 Å². The second-order valence-corrected chi connectivity index (χ2v) is 8.01. The Morgan fingerprint density at radius 1 is 1.16 bits per heavy atom. The molecule has 1 aliphatic rings. The Bertz CT molecular complexity index is 1110. The Balaban J connectivity index is 1.57. The molecule has 0 bridgehead atoms. The van der Waals surface area contributed by atoms with Crippen molar-refractivity contribution in [2.75, 3.05) is 24.7 Å². The number of ether oxygens (including phenoxy) is 3. The molecule has 0 unspecified atom stereocenters. The van der Waals surface area contributed by atoms with E-state index >= 15 is 0 Å². The average molecular weight is 461 g/mol. The Morgan fingerprint density at radius 3 is 2.71 bits per heavy atom. The minimum atomic E-state index is -0.601. The lowest BCUT2D eigenvalue weighted by atomic mass is 10.2. The molecule has 0 atom stereocenters. The smallest absolute Gasteiger partial charge is 0.312 e. The van der Waals surface area contributed by atoms with Gasteiger partial charge in [-0.05, 0) is 35.7 Å². The van der Waals surface area contributed by atoms with E-state index in [9.17, 15) is 14.9 Å². The van der Waals surface area contributed by atoms with E-state index in [0.29, 0.717) is 36.9 Å². The molecular formula is C21H17ClN2O6S. The van der Waals surface area contributed by atoms with E-state index < -0.39 is 4.92 Å². The molecule has 1 amide bonds. The number of nitrogens with zero attached hydrogens (tertiary/aromatic N) is 2. The van der Waals surface area contributed by atoms with Gasteiger partial charge in [0.05, 0.1) is 11.5 Å². The molecule has 31 heavy (non-hydrogen) atoms. The number of thiophene rings is 1. The van der Waals surface area contributed by atoms with E-state index in [-0.39, 0.29) is 29.0 Å². The molecule has 0 aliphatic carbocycles. The van der Waals surface area contributed by atoms with Crippen LogP contribution in [0.1, 0.15) is 4.88 Å². The van der Waals surface area contributed by atoms with Crippen molar-refractivity contribution in [3.63, 3.8) is 0 Å². The number of nitro benzene ring substituents is 1. The fraction of sp³-hybridized carbons (Fsp3) is 0.190. The molecule has 0 saturated carbocycles. The van der Waals surface area contributed by atoms with Gasteiger partial charge in [-0.25, -0.2) is 0 Å². The first kappa shape index (κ1) is 21.0. The van der Waals surface area contributed by atoms with Gasteiger partial charge in [0.1, 0.15) is 13.2 Å². The molecule has 0 fully saturated rings. The molecule has 4 rings (SSSR count). The van der Waals surface area contributed by atoms with Crippen molar-refractivity contribution < 1.29 is 23.9 Å². The summed E-state index contributed by atoms with van der Waals surface area (Å²) in [5.41, 5.74) is 0.307. The van der Waals surface area contributed by atoms with Crippen LogP contribution in [0.15, 0.2) is 53.9 Å². The zero-order valence-electron chi connectivity index (χ0n) is 16.2. The third-order valence-corrected chi connectivity index (χ3v) is 5.60. The van der Waals surface area contributed by atoms with Gasteiger partial charge in [0, 0.05) is 27.7 Å². The Hall–Kier alpha value is -3.30. The van der Waals surface area contributed by atoms with Gasteiger partial charge >= 0.3 is 5.69 Å². The molecule has 1 aromatic heterocycles. The summed E-state index contributed by atoms with van der Waals surface area (Å²) in [4.78, 5) is 26.3. The Labute approximate surface area is 186 Å². The zero-order chi connectivity index (χ0) is 21.8. The van der Waals surface area contributed by atoms with Crippen LogP contribution in [0.25, 0.3) is 0 Å². The second-order valence-electron chi connectivity index (χ2n) is 6.55. The number of halogens is 1. The lowest BCUT2D eigenvalue weighted by Crippen LogP contribution is -2.34. The predicted octanol–water partition coefficient (Wildman–Crippen LogP) is 4.69. The highest BCUT2D eigenvalue weighted by Crippen LogP contribution is 2.35. The molecule has 0 N–H and O–H groups in total. The number of rotatable bonds is 7. The molecule has 0 spiro atoms. The summed E-state index contributed by atoms with van der Waals surface area (Å²) < 4.78 is 16.7. The topological polar surface area (TPSA) is 91.1 Å². The summed E-state index contributed by atoms with van der Waals surface area (Å²) in [6, 6.07) is 13.1. The summed E-state index contributed by atoms with van der Waals surface area (Å²) in [6.07, 6.45) is 0. The number of carbonyl (C=O) groups excluding carboxylic acids is 1. The molecule has 2 heterocycles. The van der Waals surface area contributed by atoms with E-state index in [1.807, 2.05) is 17.5 Å². The fourth-order valence-electron chi connectivity index (χ4n) is 3.05. The van der Waals surface area contributed by atoms with Crippen molar-refractivity contribution in [1.29, 1.82) is 0 Å². The average Bonchev–Trinajstić information content (AvgIpc) is 3.29. The number of amides is 1. The molecule has 3 aromatic rings. The van der Waals surface area contributed by atoms with Crippen molar-refractivity contribution in [3.05, 3.63) is 73.9 Å². The van der Waals surface area contributed by atoms with Crippen molar-refractivity contribution in [3.8, 4) is 17.2 Å². The Morgan fingerprint density at radius 2 is 1.97 bits per heavy atom. The van der Waals surface area contributed by atoms with Crippen LogP contribution in [0.3, 0.4) is 0 Å². The summed E-state index contributed by atoms with van der Waals surface area (Å²) in [7, 11) is 0. The van der Waals surface area contributed by atoms with Gasteiger partial charge in [0.2, 0.25) is 0 Å². The van der Waals surface area contributed by atoms with E-state index in [2.05, 4.69) is 0 Å². The molecular weight excluding hydrogens is 444 g/mol. The van der Waals surface area contributed by atoms with Crippen molar-refractivity contribution in [2.45, 2.75) is 6.54 Å². The number of hydrogen-bond donors (Lipinski definition) is 0. The van der Waals surface area contributed by atoms with Gasteiger partial charge in [-0.1, -0.05) is 17.7 Å². The zero-order valence-corrected chi connectivity index (χ0v) is 17.7. The maximum Gasteiger partial charge on any atom is 0.312 e. The highest BCUT2D eigenvalue weighted by molar-refractivity contribution is 7.09. The number of nitro groups is 1. The van der Waals surface area contributed by atoms with Gasteiger partial charge in [-0.15, -0.1) is 11.3 Å². The van der Waals surface area contributed by atoms with Crippen LogP contribution in [0.2, 0.25) is 5.02 Å². The summed E-state index contributed by atoms with van der Waals surface area (Å²) in [5, 5.41) is 13.4. The van der Waals surface area contributed by atoms with Crippen molar-refractivity contribution in [2.24, 2.45) is 0 Å². The number of carbonyl (C=O) groups is 1. The minimum Gasteiger partial charge on any atom is -0.486 e. The van der Waals surface area contributed by atoms with Crippen LogP contribution in [-0.4, -0.2) is 30.7 Å². The van der Waals surface area contributed by atoms with E-state index in [4.69, 9.17) is 25.8 Å². The SMILES string of the molecule is O=C(COc1ccc(Cl)cc1[N+](=O)[O-])N(Cc1cccs1)c1ccc2c(c1)OCCO2. The number of hydrogen-bond acceptors (Lipinski definition) is 7. The number of benzene rings is 2. The second kappa shape index (κ2) is 9.23. The maximum atomic E-state index is 13.1. The molecule has 10 heteroatoms. The van der Waals surface area contributed by atoms with Crippen LogP contribution in [-0.2, 0) is 11.3 Å². The first-order valence-corrected chi connectivity index (χ1v) is 10.6. The van der Waals surface area contributed by atoms with Gasteiger partial charge in [-0.3, -0.25) is 14.9 Å². The highest BCUT2D eigenvalue weighted by Gasteiger charge is 2.23. The largest absolute Gasteiger partial charge is 0.486 e. The minimum absolute atomic E-state index is 0.0269. The van der Waals surface area contributed by atoms with Crippen LogP contribution in [0, 0.1) is 10.1 Å². The van der Waals surface area contributed by atoms with Crippen LogP contribution >= 0.6 is 22.9 Å². The summed E-state index contributed by atoms with van der Waals surface area (Å²) >= 11 is 7.36. The first-order valence-electron chi connectivity index (χ1n) is 9.30. The third kappa shape index (κ3) is 4.89. The molecule has 0 saturated heterocycles. The van der Waals surface area contributed by atoms with Gasteiger partial charge in [0.15, 0.2) is 23.9 Å². The lowest BCUT2D eigenvalue weighted by Gasteiger charge is -2.25. The summed E-state index contributed by atoms with van der Waals surface area (Å²) in [5.74, 6) is 0.781. The predicted molar refractivity (Wildman–Crippen MR) is 117 cm³/mol. The third-order valence-electron chi connectivity index (χ3n) is 4.50. The van der Waals surface area contributed by atoms with E-state index in [1.165, 1.54) is 29.5 Å². The lowest BCUT2D eigenvalue weighted by molar-refractivity contribution is -0.385. The van der Waals surface area contributed by atoms with Crippen LogP contribution in [0.5, 0.6) is 17.2 Å². The van der Waals surface area contributed by atoms with E-state index in [1.54, 1.807) is 23.1 Å². The molecule has 2 aromatic carbocycles. The van der Waals surface area contributed by atoms with Crippen molar-refractivity contribution in [1.82, 2.24) is 0 Å². The molecule has 160 valence electrons. The van der Waals surface area contributed by atoms with Gasteiger partial charge < -0.3 is 19.1 Å². The normalized spacial score (nSPS) is 12.3. The van der Waals surface area contributed by atoms with Gasteiger partial charge in [0.25, 0.3) is 5.91 Å². The Kier molecular flexibility index (Phi) is 6.24. The van der Waals surface area contributed by atoms with Crippen LogP contribution < -0.4 is 19.1 Å². The molecule has 8 nitrogen and oxygen atoms in total. The first-order chi connectivity index (χ1) is 15.0. The fourth-order valence-corrected chi connectivity index (χ4v) is 3.91.